The molecular weight excluding hydrogens is 390 g/mol. The average molecular weight is 412 g/mol. The lowest BCUT2D eigenvalue weighted by Crippen LogP contribution is -2.35. The van der Waals surface area contributed by atoms with Crippen molar-refractivity contribution in [2.75, 3.05) is 19.7 Å². The zero-order valence-corrected chi connectivity index (χ0v) is 16.8. The van der Waals surface area contributed by atoms with Crippen molar-refractivity contribution < 1.29 is 14.1 Å². The van der Waals surface area contributed by atoms with Crippen LogP contribution in [0.3, 0.4) is 0 Å². The van der Waals surface area contributed by atoms with E-state index in [4.69, 9.17) is 20.9 Å². The number of para-hydroxylation sites is 1. The fraction of sp³-hybridized carbons (Fsp3) is 0.318. The number of amides is 1. The maximum atomic E-state index is 12.5. The zero-order chi connectivity index (χ0) is 20.1. The van der Waals surface area contributed by atoms with Crippen molar-refractivity contribution in [1.29, 1.82) is 0 Å². The molecule has 2 aromatic carbocycles. The van der Waals surface area contributed by atoms with E-state index in [0.717, 1.165) is 25.9 Å². The average Bonchev–Trinajstić information content (AvgIpc) is 3.06. The molecule has 0 bridgehead atoms. The lowest BCUT2D eigenvalue weighted by atomic mass is 10.2. The van der Waals surface area contributed by atoms with Crippen molar-refractivity contribution in [2.24, 2.45) is 0 Å². The third kappa shape index (κ3) is 4.59. The van der Waals surface area contributed by atoms with E-state index >= 15 is 0 Å². The molecule has 2 heterocycles. The Morgan fingerprint density at radius 1 is 1.00 bits per heavy atom. The van der Waals surface area contributed by atoms with Crippen molar-refractivity contribution in [2.45, 2.75) is 25.7 Å². The molecule has 0 N–H and O–H groups in total. The van der Waals surface area contributed by atoms with Crippen LogP contribution in [-0.2, 0) is 4.79 Å². The Labute approximate surface area is 174 Å². The Balaban J connectivity index is 1.50. The van der Waals surface area contributed by atoms with Crippen LogP contribution in [0.4, 0.5) is 0 Å². The number of nitrogens with zero attached hydrogens (tertiary/aromatic N) is 3. The summed E-state index contributed by atoms with van der Waals surface area (Å²) in [5.74, 6) is 1.27. The van der Waals surface area contributed by atoms with Crippen LogP contribution in [0.1, 0.15) is 25.7 Å². The van der Waals surface area contributed by atoms with Gasteiger partial charge in [-0.1, -0.05) is 53.9 Å². The van der Waals surface area contributed by atoms with Gasteiger partial charge in [0.05, 0.1) is 16.1 Å². The van der Waals surface area contributed by atoms with Crippen LogP contribution in [0.15, 0.2) is 53.1 Å². The molecule has 0 aliphatic carbocycles. The number of aromatic nitrogens is 2. The highest BCUT2D eigenvalue weighted by Crippen LogP contribution is 2.31. The number of hydrogen-bond acceptors (Lipinski definition) is 5. The highest BCUT2D eigenvalue weighted by molar-refractivity contribution is 6.33. The summed E-state index contributed by atoms with van der Waals surface area (Å²) in [7, 11) is 0. The molecule has 0 radical (unpaired) electrons. The summed E-state index contributed by atoms with van der Waals surface area (Å²) in [6, 6.07) is 14.6. The van der Waals surface area contributed by atoms with Gasteiger partial charge in [-0.15, -0.1) is 0 Å². The number of carbonyl (C=O) groups excluding carboxylic acids is 1. The maximum absolute atomic E-state index is 12.5. The van der Waals surface area contributed by atoms with E-state index in [1.165, 1.54) is 12.8 Å². The number of likely N-dealkylation sites (tertiary alicyclic amines) is 1. The van der Waals surface area contributed by atoms with Crippen molar-refractivity contribution >= 4 is 17.5 Å². The minimum atomic E-state index is -0.00770. The van der Waals surface area contributed by atoms with E-state index in [0.29, 0.717) is 33.6 Å². The Bertz CT molecular complexity index is 981. The molecule has 0 saturated carbocycles. The van der Waals surface area contributed by atoms with Gasteiger partial charge < -0.3 is 14.2 Å². The standard InChI is InChI=1S/C22H22ClN3O3/c23-18-11-5-3-9-16(18)22-24-21(25-29-22)17-10-4-6-12-19(17)28-15-20(27)26-13-7-1-2-8-14-26/h3-6,9-12H,1-2,7-8,13-15H2. The van der Waals surface area contributed by atoms with Crippen molar-refractivity contribution in [3.8, 4) is 28.6 Å². The molecule has 6 nitrogen and oxygen atoms in total. The van der Waals surface area contributed by atoms with Crippen molar-refractivity contribution in [3.05, 3.63) is 53.6 Å². The molecule has 1 fully saturated rings. The molecule has 1 aromatic heterocycles. The van der Waals surface area contributed by atoms with Crippen LogP contribution in [0.2, 0.25) is 5.02 Å². The Morgan fingerprint density at radius 3 is 2.45 bits per heavy atom. The normalized spacial score (nSPS) is 14.4. The second-order valence-corrected chi connectivity index (χ2v) is 7.39. The second-order valence-electron chi connectivity index (χ2n) is 6.98. The first kappa shape index (κ1) is 19.5. The topological polar surface area (TPSA) is 68.5 Å². The van der Waals surface area contributed by atoms with Crippen molar-refractivity contribution in [3.63, 3.8) is 0 Å². The van der Waals surface area contributed by atoms with Gasteiger partial charge in [0.2, 0.25) is 5.82 Å². The number of ether oxygens (including phenoxy) is 1. The Morgan fingerprint density at radius 2 is 1.69 bits per heavy atom. The fourth-order valence-electron chi connectivity index (χ4n) is 3.41. The molecule has 0 atom stereocenters. The van der Waals surface area contributed by atoms with Gasteiger partial charge in [0.1, 0.15) is 5.75 Å². The number of rotatable bonds is 5. The molecule has 0 spiro atoms. The molecule has 7 heteroatoms. The predicted molar refractivity (Wildman–Crippen MR) is 111 cm³/mol. The Hall–Kier alpha value is -2.86. The van der Waals surface area contributed by atoms with Gasteiger partial charge in [-0.3, -0.25) is 4.79 Å². The Kier molecular flexibility index (Phi) is 6.10. The first-order valence-electron chi connectivity index (χ1n) is 9.81. The molecule has 1 aliphatic heterocycles. The van der Waals surface area contributed by atoms with E-state index in [1.54, 1.807) is 12.1 Å². The molecule has 1 saturated heterocycles. The third-order valence-corrected chi connectivity index (χ3v) is 5.30. The number of carbonyl (C=O) groups is 1. The molecule has 4 rings (SSSR count). The highest BCUT2D eigenvalue weighted by Gasteiger charge is 2.19. The summed E-state index contributed by atoms with van der Waals surface area (Å²) in [5, 5.41) is 4.61. The first-order chi connectivity index (χ1) is 14.2. The monoisotopic (exact) mass is 411 g/mol. The number of halogens is 1. The lowest BCUT2D eigenvalue weighted by Gasteiger charge is -2.20. The number of hydrogen-bond donors (Lipinski definition) is 0. The van der Waals surface area contributed by atoms with E-state index in [1.807, 2.05) is 41.3 Å². The summed E-state index contributed by atoms with van der Waals surface area (Å²) >= 11 is 6.22. The van der Waals surface area contributed by atoms with Crippen LogP contribution in [0, 0.1) is 0 Å². The largest absolute Gasteiger partial charge is 0.483 e. The number of benzene rings is 2. The molecule has 150 valence electrons. The van der Waals surface area contributed by atoms with E-state index in [9.17, 15) is 4.79 Å². The van der Waals surface area contributed by atoms with Gasteiger partial charge in [0.15, 0.2) is 6.61 Å². The van der Waals surface area contributed by atoms with E-state index in [2.05, 4.69) is 10.1 Å². The molecule has 29 heavy (non-hydrogen) atoms. The van der Waals surface area contributed by atoms with Crippen LogP contribution >= 0.6 is 11.6 Å². The first-order valence-corrected chi connectivity index (χ1v) is 10.2. The van der Waals surface area contributed by atoms with E-state index in [-0.39, 0.29) is 12.5 Å². The van der Waals surface area contributed by atoms with Crippen LogP contribution in [-0.4, -0.2) is 40.6 Å². The van der Waals surface area contributed by atoms with Gasteiger partial charge in [0.25, 0.3) is 11.8 Å². The van der Waals surface area contributed by atoms with Gasteiger partial charge in [-0.2, -0.15) is 4.98 Å². The van der Waals surface area contributed by atoms with E-state index < -0.39 is 0 Å². The minimum absolute atomic E-state index is 0.00608. The minimum Gasteiger partial charge on any atom is -0.483 e. The molecular formula is C22H22ClN3O3. The van der Waals surface area contributed by atoms with Crippen LogP contribution in [0.25, 0.3) is 22.8 Å². The third-order valence-electron chi connectivity index (χ3n) is 4.97. The van der Waals surface area contributed by atoms with Crippen molar-refractivity contribution in [1.82, 2.24) is 15.0 Å². The van der Waals surface area contributed by atoms with Gasteiger partial charge in [-0.25, -0.2) is 0 Å². The molecule has 3 aromatic rings. The fourth-order valence-corrected chi connectivity index (χ4v) is 3.62. The lowest BCUT2D eigenvalue weighted by molar-refractivity contribution is -0.133. The summed E-state index contributed by atoms with van der Waals surface area (Å²) in [6.45, 7) is 1.60. The van der Waals surface area contributed by atoms with Crippen LogP contribution < -0.4 is 4.74 Å². The molecule has 1 amide bonds. The van der Waals surface area contributed by atoms with Crippen LogP contribution in [0.5, 0.6) is 5.75 Å². The smallest absolute Gasteiger partial charge is 0.260 e. The van der Waals surface area contributed by atoms with Gasteiger partial charge in [0, 0.05) is 13.1 Å². The predicted octanol–water partition coefficient (Wildman–Crippen LogP) is 4.84. The summed E-state index contributed by atoms with van der Waals surface area (Å²) in [6.07, 6.45) is 4.46. The quantitative estimate of drug-likeness (QED) is 0.601. The summed E-state index contributed by atoms with van der Waals surface area (Å²) in [4.78, 5) is 18.9. The molecule has 0 unspecified atom stereocenters. The summed E-state index contributed by atoms with van der Waals surface area (Å²) < 4.78 is 11.2. The SMILES string of the molecule is O=C(COc1ccccc1-c1noc(-c2ccccc2Cl)n1)N1CCCCCC1. The maximum Gasteiger partial charge on any atom is 0.260 e. The van der Waals surface area contributed by atoms with Gasteiger partial charge in [-0.05, 0) is 37.1 Å². The molecule has 1 aliphatic rings. The highest BCUT2D eigenvalue weighted by atomic mass is 35.5. The van der Waals surface area contributed by atoms with Gasteiger partial charge >= 0.3 is 0 Å². The second kappa shape index (κ2) is 9.09. The zero-order valence-electron chi connectivity index (χ0n) is 16.0. The summed E-state index contributed by atoms with van der Waals surface area (Å²) in [5.41, 5.74) is 1.33.